The molecule has 112 valence electrons. The maximum Gasteiger partial charge on any atom is 0.471 e. The van der Waals surface area contributed by atoms with Gasteiger partial charge in [0, 0.05) is 17.9 Å². The summed E-state index contributed by atoms with van der Waals surface area (Å²) in [6.07, 6.45) is -2.53. The van der Waals surface area contributed by atoms with E-state index in [0.717, 1.165) is 22.6 Å². The highest BCUT2D eigenvalue weighted by atomic mass is 32.2. The van der Waals surface area contributed by atoms with Crippen LogP contribution in [0.2, 0.25) is 0 Å². The van der Waals surface area contributed by atoms with Gasteiger partial charge in [0.15, 0.2) is 0 Å². The number of ether oxygens (including phenoxy) is 1. The van der Waals surface area contributed by atoms with Crippen LogP contribution in [0.1, 0.15) is 11.1 Å². The van der Waals surface area contributed by atoms with Gasteiger partial charge in [0.1, 0.15) is 5.75 Å². The van der Waals surface area contributed by atoms with Gasteiger partial charge in [0.25, 0.3) is 0 Å². The van der Waals surface area contributed by atoms with E-state index in [0.29, 0.717) is 6.42 Å². The van der Waals surface area contributed by atoms with Crippen LogP contribution in [0, 0.1) is 0 Å². The SMILES string of the molecule is COc1ccc(CCNC(=O)C(F)(F)F)cc1CSC. The Labute approximate surface area is 119 Å². The van der Waals surface area contributed by atoms with Crippen molar-refractivity contribution in [1.29, 1.82) is 0 Å². The molecule has 1 aromatic carbocycles. The first-order chi connectivity index (χ1) is 9.38. The summed E-state index contributed by atoms with van der Waals surface area (Å²) in [4.78, 5) is 10.7. The quantitative estimate of drug-likeness (QED) is 0.878. The van der Waals surface area contributed by atoms with E-state index < -0.39 is 12.1 Å². The smallest absolute Gasteiger partial charge is 0.471 e. The maximum atomic E-state index is 12.0. The molecule has 1 N–H and O–H groups in total. The molecule has 0 saturated carbocycles. The Hall–Kier alpha value is -1.37. The van der Waals surface area contributed by atoms with Gasteiger partial charge in [-0.05, 0) is 24.3 Å². The molecule has 0 aliphatic rings. The fourth-order valence-corrected chi connectivity index (χ4v) is 2.21. The Balaban J connectivity index is 2.60. The van der Waals surface area contributed by atoms with Gasteiger partial charge in [-0.2, -0.15) is 24.9 Å². The van der Waals surface area contributed by atoms with Crippen LogP contribution >= 0.6 is 11.8 Å². The number of hydrogen-bond donors (Lipinski definition) is 1. The van der Waals surface area contributed by atoms with Gasteiger partial charge < -0.3 is 10.1 Å². The number of benzene rings is 1. The van der Waals surface area contributed by atoms with Gasteiger partial charge in [0.05, 0.1) is 7.11 Å². The Morgan fingerprint density at radius 1 is 1.40 bits per heavy atom. The molecular weight excluding hydrogens is 291 g/mol. The predicted octanol–water partition coefficient (Wildman–Crippen LogP) is 2.78. The average Bonchev–Trinajstić information content (AvgIpc) is 2.38. The topological polar surface area (TPSA) is 38.3 Å². The molecule has 0 heterocycles. The zero-order valence-electron chi connectivity index (χ0n) is 11.2. The van der Waals surface area contributed by atoms with E-state index in [9.17, 15) is 18.0 Å². The number of hydrogen-bond acceptors (Lipinski definition) is 3. The summed E-state index contributed by atoms with van der Waals surface area (Å²) < 4.78 is 41.2. The molecule has 0 radical (unpaired) electrons. The van der Waals surface area contributed by atoms with Gasteiger partial charge >= 0.3 is 12.1 Å². The molecule has 0 aliphatic carbocycles. The van der Waals surface area contributed by atoms with Gasteiger partial charge in [0.2, 0.25) is 0 Å². The number of methoxy groups -OCH3 is 1. The molecule has 0 saturated heterocycles. The summed E-state index contributed by atoms with van der Waals surface area (Å²) in [6, 6.07) is 5.45. The molecule has 0 unspecified atom stereocenters. The van der Waals surface area contributed by atoms with Crippen LogP contribution in [-0.2, 0) is 17.0 Å². The van der Waals surface area contributed by atoms with Crippen LogP contribution < -0.4 is 10.1 Å². The van der Waals surface area contributed by atoms with E-state index in [-0.39, 0.29) is 6.54 Å². The van der Waals surface area contributed by atoms with Crippen molar-refractivity contribution in [2.24, 2.45) is 0 Å². The van der Waals surface area contributed by atoms with E-state index in [2.05, 4.69) is 0 Å². The summed E-state index contributed by atoms with van der Waals surface area (Å²) in [7, 11) is 1.57. The Morgan fingerprint density at radius 2 is 2.10 bits per heavy atom. The Kier molecular flexibility index (Phi) is 6.19. The molecule has 1 rings (SSSR count). The normalized spacial score (nSPS) is 11.2. The van der Waals surface area contributed by atoms with Crippen molar-refractivity contribution < 1.29 is 22.7 Å². The molecule has 1 aromatic rings. The van der Waals surface area contributed by atoms with Crippen molar-refractivity contribution in [3.8, 4) is 5.75 Å². The molecule has 0 fully saturated rings. The molecule has 0 aliphatic heterocycles. The van der Waals surface area contributed by atoms with E-state index in [1.54, 1.807) is 31.0 Å². The third-order valence-electron chi connectivity index (χ3n) is 2.60. The lowest BCUT2D eigenvalue weighted by Gasteiger charge is -2.11. The molecule has 0 atom stereocenters. The average molecular weight is 307 g/mol. The van der Waals surface area contributed by atoms with Gasteiger partial charge in [-0.1, -0.05) is 12.1 Å². The first-order valence-electron chi connectivity index (χ1n) is 5.88. The number of nitrogens with one attached hydrogen (secondary N) is 1. The second kappa shape index (κ2) is 7.42. The second-order valence-corrected chi connectivity index (χ2v) is 4.95. The monoisotopic (exact) mass is 307 g/mol. The number of carbonyl (C=O) groups excluding carboxylic acids is 1. The summed E-state index contributed by atoms with van der Waals surface area (Å²) in [5.41, 5.74) is 1.84. The van der Waals surface area contributed by atoms with Gasteiger partial charge in [-0.3, -0.25) is 4.79 Å². The largest absolute Gasteiger partial charge is 0.496 e. The molecule has 0 aromatic heterocycles. The number of carbonyl (C=O) groups is 1. The van der Waals surface area contributed by atoms with E-state index >= 15 is 0 Å². The van der Waals surface area contributed by atoms with Crippen molar-refractivity contribution in [2.75, 3.05) is 19.9 Å². The minimum atomic E-state index is -4.83. The van der Waals surface area contributed by atoms with Crippen LogP contribution in [0.25, 0.3) is 0 Å². The maximum absolute atomic E-state index is 12.0. The minimum Gasteiger partial charge on any atom is -0.496 e. The van der Waals surface area contributed by atoms with Crippen LogP contribution in [0.5, 0.6) is 5.75 Å². The van der Waals surface area contributed by atoms with Crippen LogP contribution in [0.15, 0.2) is 18.2 Å². The first kappa shape index (κ1) is 16.7. The minimum absolute atomic E-state index is 0.0522. The highest BCUT2D eigenvalue weighted by Crippen LogP contribution is 2.23. The molecule has 7 heteroatoms. The standard InChI is InChI=1S/C13H16F3NO2S/c1-19-11-4-3-9(7-10(11)8-20-2)5-6-17-12(18)13(14,15)16/h3-4,7H,5-6,8H2,1-2H3,(H,17,18). The summed E-state index contributed by atoms with van der Waals surface area (Å²) in [5, 5.41) is 1.85. The lowest BCUT2D eigenvalue weighted by molar-refractivity contribution is -0.173. The fourth-order valence-electron chi connectivity index (χ4n) is 1.68. The fraction of sp³-hybridized carbons (Fsp3) is 0.462. The number of alkyl halides is 3. The van der Waals surface area contributed by atoms with Crippen molar-refractivity contribution in [1.82, 2.24) is 5.32 Å². The second-order valence-electron chi connectivity index (χ2n) is 4.08. The van der Waals surface area contributed by atoms with Crippen LogP contribution in [0.4, 0.5) is 13.2 Å². The lowest BCUT2D eigenvalue weighted by Crippen LogP contribution is -2.37. The molecule has 3 nitrogen and oxygen atoms in total. The van der Waals surface area contributed by atoms with Crippen molar-refractivity contribution in [2.45, 2.75) is 18.3 Å². The molecular formula is C13H16F3NO2S. The molecule has 20 heavy (non-hydrogen) atoms. The van der Waals surface area contributed by atoms with E-state index in [1.807, 2.05) is 17.6 Å². The highest BCUT2D eigenvalue weighted by molar-refractivity contribution is 7.97. The summed E-state index contributed by atoms with van der Waals surface area (Å²) >= 11 is 1.63. The number of thioether (sulfide) groups is 1. The lowest BCUT2D eigenvalue weighted by atomic mass is 10.1. The third kappa shape index (κ3) is 4.96. The van der Waals surface area contributed by atoms with Crippen LogP contribution in [-0.4, -0.2) is 32.0 Å². The number of rotatable bonds is 6. The van der Waals surface area contributed by atoms with Gasteiger partial charge in [-0.25, -0.2) is 0 Å². The van der Waals surface area contributed by atoms with Crippen molar-refractivity contribution in [3.63, 3.8) is 0 Å². The van der Waals surface area contributed by atoms with Crippen LogP contribution in [0.3, 0.4) is 0 Å². The molecule has 0 spiro atoms. The van der Waals surface area contributed by atoms with E-state index in [4.69, 9.17) is 4.74 Å². The summed E-state index contributed by atoms with van der Waals surface area (Å²) in [6.45, 7) is -0.0522. The molecule has 1 amide bonds. The van der Waals surface area contributed by atoms with E-state index in [1.165, 1.54) is 0 Å². The summed E-state index contributed by atoms with van der Waals surface area (Å²) in [5.74, 6) is -0.399. The Morgan fingerprint density at radius 3 is 2.65 bits per heavy atom. The first-order valence-corrected chi connectivity index (χ1v) is 7.27. The highest BCUT2D eigenvalue weighted by Gasteiger charge is 2.38. The zero-order chi connectivity index (χ0) is 15.2. The third-order valence-corrected chi connectivity index (χ3v) is 3.20. The predicted molar refractivity (Wildman–Crippen MR) is 73.0 cm³/mol. The zero-order valence-corrected chi connectivity index (χ0v) is 12.0. The number of amides is 1. The van der Waals surface area contributed by atoms with Crippen molar-refractivity contribution in [3.05, 3.63) is 29.3 Å². The number of halogens is 3. The molecule has 0 bridgehead atoms. The van der Waals surface area contributed by atoms with Gasteiger partial charge in [-0.15, -0.1) is 0 Å². The van der Waals surface area contributed by atoms with Crippen molar-refractivity contribution >= 4 is 17.7 Å². The Bertz CT molecular complexity index is 463.